The SMILES string of the molecule is C#Cc1c(F)ccc2cc(OCOC)cc(-c3nc4c5c(nc(C6COC6)c(C#N)c5c3F)N3C[C@H]5CC[C@@H]([C@H]3[C@H](C)O4)N5C(=O)OC(C)(C)C)c12. The van der Waals surface area contributed by atoms with E-state index in [4.69, 9.17) is 40.1 Å². The second-order valence-corrected chi connectivity index (χ2v) is 14.7. The van der Waals surface area contributed by atoms with Crippen LogP contribution in [0.15, 0.2) is 24.3 Å². The van der Waals surface area contributed by atoms with Gasteiger partial charge in [-0.3, -0.25) is 4.90 Å². The standard InChI is InChI=1S/C39H37F2N5O6/c1-7-24-27(40)10-8-20-12-23(50-18-48-6)13-25(29(20)24)34-32(41)30-26(14-42)33(21-16-49-17-21)43-36-31(30)37(44-34)51-19(2)35-28-11-9-22(15-45(35)36)46(28)38(47)52-39(3,4)5/h1,8,10,12-13,19,21-22,28,35H,9,11,15-18H2,2-6H3/t19-,22+,28-,35+/m0/s1. The Balaban J connectivity index is 1.39. The van der Waals surface area contributed by atoms with E-state index in [2.05, 4.69) is 16.9 Å². The molecule has 0 radical (unpaired) electrons. The number of amides is 1. The van der Waals surface area contributed by atoms with Gasteiger partial charge in [0.05, 0.1) is 53.5 Å². The number of nitrogens with zero attached hydrogens (tertiary/aromatic N) is 5. The fourth-order valence-electron chi connectivity index (χ4n) is 8.18. The molecule has 52 heavy (non-hydrogen) atoms. The molecule has 2 bridgehead atoms. The van der Waals surface area contributed by atoms with Crippen LogP contribution in [0.25, 0.3) is 32.8 Å². The number of aromatic nitrogens is 2. The van der Waals surface area contributed by atoms with Crippen molar-refractivity contribution >= 4 is 33.5 Å². The Hall–Kier alpha value is -5.24. The lowest BCUT2D eigenvalue weighted by Gasteiger charge is -2.48. The van der Waals surface area contributed by atoms with Crippen LogP contribution in [-0.2, 0) is 14.2 Å². The maximum Gasteiger partial charge on any atom is 0.410 e. The van der Waals surface area contributed by atoms with E-state index in [1.54, 1.807) is 6.07 Å². The molecule has 0 aliphatic carbocycles. The first-order chi connectivity index (χ1) is 24.9. The number of methoxy groups -OCH3 is 1. The smallest absolute Gasteiger partial charge is 0.410 e. The normalized spacial score (nSPS) is 22.2. The zero-order valence-corrected chi connectivity index (χ0v) is 29.5. The second-order valence-electron chi connectivity index (χ2n) is 14.7. The van der Waals surface area contributed by atoms with Crippen LogP contribution in [-0.4, -0.2) is 84.5 Å². The van der Waals surface area contributed by atoms with Crippen LogP contribution in [0.1, 0.15) is 63.3 Å². The van der Waals surface area contributed by atoms with Gasteiger partial charge in [-0.05, 0) is 64.1 Å². The van der Waals surface area contributed by atoms with Crippen molar-refractivity contribution in [1.82, 2.24) is 14.9 Å². The number of piperazine rings is 1. The monoisotopic (exact) mass is 709 g/mol. The molecular formula is C39H37F2N5O6. The van der Waals surface area contributed by atoms with Crippen LogP contribution in [0.2, 0.25) is 0 Å². The Bertz CT molecular complexity index is 2240. The van der Waals surface area contributed by atoms with E-state index < -0.39 is 35.5 Å². The highest BCUT2D eigenvalue weighted by Crippen LogP contribution is 2.49. The number of terminal acetylenes is 1. The van der Waals surface area contributed by atoms with Crippen LogP contribution in [0.5, 0.6) is 11.6 Å². The number of hydrogen-bond acceptors (Lipinski definition) is 10. The molecule has 0 saturated carbocycles. The lowest BCUT2D eigenvalue weighted by atomic mass is 9.92. The first kappa shape index (κ1) is 33.9. The van der Waals surface area contributed by atoms with Gasteiger partial charge in [-0.15, -0.1) is 6.42 Å². The molecule has 8 rings (SSSR count). The molecule has 11 nitrogen and oxygen atoms in total. The Morgan fingerprint density at radius 3 is 2.58 bits per heavy atom. The number of hydrogen-bond donors (Lipinski definition) is 0. The van der Waals surface area contributed by atoms with Crippen LogP contribution in [0, 0.1) is 35.3 Å². The minimum atomic E-state index is -0.817. The Labute approximate surface area is 299 Å². The average Bonchev–Trinajstić information content (AvgIpc) is 3.33. The lowest BCUT2D eigenvalue weighted by molar-refractivity contribution is 0.000717. The molecule has 0 unspecified atom stereocenters. The van der Waals surface area contributed by atoms with Gasteiger partial charge in [0.1, 0.15) is 40.9 Å². The van der Waals surface area contributed by atoms with Gasteiger partial charge < -0.3 is 28.6 Å². The molecule has 3 fully saturated rings. The summed E-state index contributed by atoms with van der Waals surface area (Å²) in [7, 11) is 1.47. The summed E-state index contributed by atoms with van der Waals surface area (Å²) in [6.45, 7) is 8.32. The molecule has 4 aliphatic heterocycles. The van der Waals surface area contributed by atoms with E-state index in [0.717, 1.165) is 6.42 Å². The first-order valence-corrected chi connectivity index (χ1v) is 17.3. The minimum absolute atomic E-state index is 0.0146. The summed E-state index contributed by atoms with van der Waals surface area (Å²) >= 11 is 0. The van der Waals surface area contributed by atoms with Gasteiger partial charge >= 0.3 is 6.09 Å². The highest BCUT2D eigenvalue weighted by molar-refractivity contribution is 6.06. The molecule has 3 saturated heterocycles. The van der Waals surface area contributed by atoms with Crippen LogP contribution < -0.4 is 14.4 Å². The van der Waals surface area contributed by atoms with Gasteiger partial charge in [0, 0.05) is 35.9 Å². The molecule has 0 spiro atoms. The largest absolute Gasteiger partial charge is 0.472 e. The predicted octanol–water partition coefficient (Wildman–Crippen LogP) is 6.42. The number of benzene rings is 2. The molecule has 4 aliphatic rings. The van der Waals surface area contributed by atoms with Crippen molar-refractivity contribution in [3.63, 3.8) is 0 Å². The van der Waals surface area contributed by atoms with E-state index in [9.17, 15) is 10.1 Å². The lowest BCUT2D eigenvalue weighted by Crippen LogP contribution is -2.65. The van der Waals surface area contributed by atoms with Gasteiger partial charge in [-0.25, -0.2) is 23.5 Å². The third kappa shape index (κ3) is 5.25. The molecule has 6 heterocycles. The van der Waals surface area contributed by atoms with Crippen molar-refractivity contribution in [3.8, 4) is 41.3 Å². The molecule has 2 aromatic carbocycles. The number of anilines is 1. The summed E-state index contributed by atoms with van der Waals surface area (Å²) in [5.41, 5.74) is -0.371. The minimum Gasteiger partial charge on any atom is -0.472 e. The summed E-state index contributed by atoms with van der Waals surface area (Å²) in [6, 6.07) is 7.29. The van der Waals surface area contributed by atoms with Gasteiger partial charge in [0.25, 0.3) is 0 Å². The van der Waals surface area contributed by atoms with Gasteiger partial charge in [-0.1, -0.05) is 12.0 Å². The highest BCUT2D eigenvalue weighted by atomic mass is 19.1. The highest BCUT2D eigenvalue weighted by Gasteiger charge is 2.54. The van der Waals surface area contributed by atoms with Crippen molar-refractivity contribution in [2.45, 2.75) is 76.3 Å². The summed E-state index contributed by atoms with van der Waals surface area (Å²) in [4.78, 5) is 27.4. The zero-order chi connectivity index (χ0) is 36.6. The number of carbonyl (C=O) groups excluding carboxylic acids is 1. The predicted molar refractivity (Wildman–Crippen MR) is 187 cm³/mol. The molecule has 268 valence electrons. The summed E-state index contributed by atoms with van der Waals surface area (Å²) < 4.78 is 61.9. The zero-order valence-electron chi connectivity index (χ0n) is 29.5. The molecule has 0 N–H and O–H groups in total. The van der Waals surface area contributed by atoms with Crippen LogP contribution >= 0.6 is 0 Å². The Morgan fingerprint density at radius 1 is 1.12 bits per heavy atom. The molecular weight excluding hydrogens is 672 g/mol. The van der Waals surface area contributed by atoms with Crippen LogP contribution in [0.3, 0.4) is 0 Å². The van der Waals surface area contributed by atoms with E-state index in [1.165, 1.54) is 25.3 Å². The van der Waals surface area contributed by atoms with E-state index >= 15 is 8.78 Å². The maximum absolute atomic E-state index is 17.7. The molecule has 2 aromatic heterocycles. The van der Waals surface area contributed by atoms with E-state index in [0.29, 0.717) is 48.8 Å². The van der Waals surface area contributed by atoms with Gasteiger partial charge in [0.15, 0.2) is 12.6 Å². The number of rotatable bonds is 5. The molecule has 4 atom stereocenters. The van der Waals surface area contributed by atoms with Crippen molar-refractivity contribution in [1.29, 1.82) is 5.26 Å². The average molecular weight is 710 g/mol. The number of pyridine rings is 2. The fourth-order valence-corrected chi connectivity index (χ4v) is 8.18. The van der Waals surface area contributed by atoms with Crippen molar-refractivity contribution in [3.05, 3.63) is 52.7 Å². The van der Waals surface area contributed by atoms with Gasteiger partial charge in [-0.2, -0.15) is 5.26 Å². The summed E-state index contributed by atoms with van der Waals surface area (Å²) in [5, 5.41) is 11.6. The number of nitriles is 1. The molecule has 4 aromatic rings. The van der Waals surface area contributed by atoms with E-state index in [1.807, 2.05) is 32.6 Å². The van der Waals surface area contributed by atoms with Crippen molar-refractivity contribution in [2.75, 3.05) is 38.6 Å². The number of ether oxygens (including phenoxy) is 5. The fraction of sp³-hybridized carbons (Fsp3) is 0.436. The number of fused-ring (bicyclic) bond motifs is 6. The summed E-state index contributed by atoms with van der Waals surface area (Å²) in [5.74, 6) is 1.48. The summed E-state index contributed by atoms with van der Waals surface area (Å²) in [6.07, 6.45) is 6.30. The van der Waals surface area contributed by atoms with Crippen molar-refractivity contribution < 1.29 is 37.3 Å². The van der Waals surface area contributed by atoms with Crippen LogP contribution in [0.4, 0.5) is 19.4 Å². The van der Waals surface area contributed by atoms with E-state index in [-0.39, 0.29) is 69.2 Å². The third-order valence-electron chi connectivity index (χ3n) is 10.3. The van der Waals surface area contributed by atoms with Gasteiger partial charge in [0.2, 0.25) is 5.88 Å². The topological polar surface area (TPSA) is 119 Å². The first-order valence-electron chi connectivity index (χ1n) is 17.3. The van der Waals surface area contributed by atoms with Crippen molar-refractivity contribution in [2.24, 2.45) is 0 Å². The third-order valence-corrected chi connectivity index (χ3v) is 10.3. The second kappa shape index (κ2) is 12.5. The number of carbonyl (C=O) groups is 1. The maximum atomic E-state index is 17.7. The molecule has 1 amide bonds. The quantitative estimate of drug-likeness (QED) is 0.170. The molecule has 13 heteroatoms. The number of halogens is 2. The Kier molecular flexibility index (Phi) is 8.12. The Morgan fingerprint density at radius 2 is 1.90 bits per heavy atom.